The van der Waals surface area contributed by atoms with Gasteiger partial charge in [-0.05, 0) is 54.4 Å². The summed E-state index contributed by atoms with van der Waals surface area (Å²) in [5.41, 5.74) is 5.12. The fraction of sp³-hybridized carbons (Fsp3) is 0.357. The summed E-state index contributed by atoms with van der Waals surface area (Å²) in [5, 5.41) is 3.10. The van der Waals surface area contributed by atoms with Gasteiger partial charge >= 0.3 is 5.97 Å². The van der Waals surface area contributed by atoms with Crippen molar-refractivity contribution in [3.8, 4) is 0 Å². The topological polar surface area (TPSA) is 55.4 Å². The van der Waals surface area contributed by atoms with E-state index in [-0.39, 0.29) is 11.9 Å². The van der Waals surface area contributed by atoms with E-state index in [0.29, 0.717) is 12.8 Å². The standard InChI is InChI=1S/C28H33NO3/c1-32-28(31)20-19-25(21-24-18-17-23-14-9-10-15-26(23)24)29-27(30)16-8-3-2-5-11-22-12-6-4-7-13-22/h4,6-7,9-10,12-15,18-20,25H,2-3,5,8,11,16-17,21H2,1H3,(H,29,30)/b20-19+/t25-/m0/s1. The van der Waals surface area contributed by atoms with E-state index in [9.17, 15) is 9.59 Å². The van der Waals surface area contributed by atoms with E-state index >= 15 is 0 Å². The van der Waals surface area contributed by atoms with Gasteiger partial charge in [0.05, 0.1) is 13.2 Å². The first-order valence-corrected chi connectivity index (χ1v) is 11.5. The number of methoxy groups -OCH3 is 1. The highest BCUT2D eigenvalue weighted by Crippen LogP contribution is 2.30. The maximum atomic E-state index is 12.6. The highest BCUT2D eigenvalue weighted by molar-refractivity contribution is 5.83. The smallest absolute Gasteiger partial charge is 0.330 e. The van der Waals surface area contributed by atoms with Crippen molar-refractivity contribution in [3.63, 3.8) is 0 Å². The van der Waals surface area contributed by atoms with Crippen molar-refractivity contribution in [2.75, 3.05) is 7.11 Å². The van der Waals surface area contributed by atoms with Crippen molar-refractivity contribution in [2.45, 2.75) is 57.4 Å². The molecule has 1 aliphatic rings. The second-order valence-electron chi connectivity index (χ2n) is 8.25. The summed E-state index contributed by atoms with van der Waals surface area (Å²) in [5.74, 6) is -0.386. The number of aryl methyl sites for hydroxylation is 1. The summed E-state index contributed by atoms with van der Waals surface area (Å²) in [4.78, 5) is 24.1. The summed E-state index contributed by atoms with van der Waals surface area (Å²) >= 11 is 0. The van der Waals surface area contributed by atoms with Gasteiger partial charge in [-0.25, -0.2) is 4.79 Å². The monoisotopic (exact) mass is 431 g/mol. The maximum absolute atomic E-state index is 12.6. The molecule has 2 aromatic rings. The lowest BCUT2D eigenvalue weighted by Gasteiger charge is -2.17. The molecule has 0 bridgehead atoms. The quantitative estimate of drug-likeness (QED) is 0.277. The normalized spacial score (nSPS) is 13.5. The molecule has 3 rings (SSSR count). The van der Waals surface area contributed by atoms with Crippen molar-refractivity contribution in [2.24, 2.45) is 0 Å². The maximum Gasteiger partial charge on any atom is 0.330 e. The molecule has 1 amide bonds. The van der Waals surface area contributed by atoms with E-state index in [1.165, 1.54) is 35.4 Å². The molecule has 32 heavy (non-hydrogen) atoms. The lowest BCUT2D eigenvalue weighted by Crippen LogP contribution is -2.33. The number of ether oxygens (including phenoxy) is 1. The van der Waals surface area contributed by atoms with Gasteiger partial charge in [0.25, 0.3) is 0 Å². The van der Waals surface area contributed by atoms with Gasteiger partial charge in [0.2, 0.25) is 5.91 Å². The summed E-state index contributed by atoms with van der Waals surface area (Å²) in [6.45, 7) is 0. The molecular formula is C28H33NO3. The minimum Gasteiger partial charge on any atom is -0.466 e. The fourth-order valence-electron chi connectivity index (χ4n) is 4.11. The number of allylic oxidation sites excluding steroid dienone is 1. The van der Waals surface area contributed by atoms with Crippen molar-refractivity contribution in [1.82, 2.24) is 5.32 Å². The third-order valence-electron chi connectivity index (χ3n) is 5.85. The molecule has 0 fully saturated rings. The van der Waals surface area contributed by atoms with Crippen molar-refractivity contribution < 1.29 is 14.3 Å². The zero-order chi connectivity index (χ0) is 22.6. The van der Waals surface area contributed by atoms with Gasteiger partial charge < -0.3 is 10.1 Å². The van der Waals surface area contributed by atoms with Gasteiger partial charge in [-0.1, -0.05) is 79.6 Å². The Labute approximate surface area is 191 Å². The fourth-order valence-corrected chi connectivity index (χ4v) is 4.11. The second-order valence-corrected chi connectivity index (χ2v) is 8.25. The van der Waals surface area contributed by atoms with Crippen LogP contribution in [0.25, 0.3) is 5.57 Å². The van der Waals surface area contributed by atoms with Crippen LogP contribution in [0.1, 0.15) is 55.2 Å². The van der Waals surface area contributed by atoms with E-state index in [1.54, 1.807) is 6.08 Å². The molecule has 0 radical (unpaired) electrons. The molecule has 0 aromatic heterocycles. The number of benzene rings is 2. The van der Waals surface area contributed by atoms with Gasteiger partial charge in [0.1, 0.15) is 0 Å². The molecule has 0 unspecified atom stereocenters. The van der Waals surface area contributed by atoms with E-state index in [0.717, 1.165) is 38.5 Å². The SMILES string of the molecule is COC(=O)/C=C/[C@@H](CC1=CCc2ccccc21)NC(=O)CCCCCCc1ccccc1. The Morgan fingerprint density at radius 1 is 1.00 bits per heavy atom. The van der Waals surface area contributed by atoms with Gasteiger partial charge in [0, 0.05) is 12.5 Å². The van der Waals surface area contributed by atoms with Crippen molar-refractivity contribution >= 4 is 17.4 Å². The zero-order valence-electron chi connectivity index (χ0n) is 18.9. The Morgan fingerprint density at radius 3 is 2.56 bits per heavy atom. The van der Waals surface area contributed by atoms with E-state index in [4.69, 9.17) is 4.74 Å². The number of nitrogens with one attached hydrogen (secondary N) is 1. The molecule has 1 aliphatic carbocycles. The van der Waals surface area contributed by atoms with Gasteiger partial charge in [0.15, 0.2) is 0 Å². The number of rotatable bonds is 12. The van der Waals surface area contributed by atoms with Crippen LogP contribution in [0.5, 0.6) is 0 Å². The Balaban J connectivity index is 1.44. The number of carbonyl (C=O) groups excluding carboxylic acids is 2. The number of esters is 1. The molecule has 0 heterocycles. The van der Waals surface area contributed by atoms with E-state index < -0.39 is 5.97 Å². The molecule has 0 saturated carbocycles. The second kappa shape index (κ2) is 12.7. The first-order chi connectivity index (χ1) is 15.7. The first kappa shape index (κ1) is 23.5. The average molecular weight is 432 g/mol. The molecular weight excluding hydrogens is 398 g/mol. The van der Waals surface area contributed by atoms with Crippen molar-refractivity contribution in [1.29, 1.82) is 0 Å². The van der Waals surface area contributed by atoms with Crippen LogP contribution in [0, 0.1) is 0 Å². The van der Waals surface area contributed by atoms with Crippen LogP contribution in [-0.2, 0) is 27.2 Å². The Bertz CT molecular complexity index is 946. The van der Waals surface area contributed by atoms with Crippen LogP contribution in [0.15, 0.2) is 72.8 Å². The lowest BCUT2D eigenvalue weighted by atomic mass is 9.99. The van der Waals surface area contributed by atoms with E-state index in [2.05, 4.69) is 47.8 Å². The van der Waals surface area contributed by atoms with Gasteiger partial charge in [-0.3, -0.25) is 4.79 Å². The summed E-state index contributed by atoms with van der Waals surface area (Å²) in [6.07, 6.45) is 12.7. The van der Waals surface area contributed by atoms with Crippen LogP contribution >= 0.6 is 0 Å². The highest BCUT2D eigenvalue weighted by atomic mass is 16.5. The molecule has 1 atom stereocenters. The molecule has 4 heteroatoms. The Kier molecular flexibility index (Phi) is 9.30. The zero-order valence-corrected chi connectivity index (χ0v) is 18.9. The first-order valence-electron chi connectivity index (χ1n) is 11.5. The molecule has 168 valence electrons. The summed E-state index contributed by atoms with van der Waals surface area (Å²) in [7, 11) is 1.35. The Morgan fingerprint density at radius 2 is 1.75 bits per heavy atom. The molecule has 1 N–H and O–H groups in total. The van der Waals surface area contributed by atoms with Crippen molar-refractivity contribution in [3.05, 3.63) is 89.5 Å². The largest absolute Gasteiger partial charge is 0.466 e. The minimum atomic E-state index is -0.413. The van der Waals surface area contributed by atoms with Crippen LogP contribution in [-0.4, -0.2) is 25.0 Å². The highest BCUT2D eigenvalue weighted by Gasteiger charge is 2.18. The number of unbranched alkanes of at least 4 members (excludes halogenated alkanes) is 3. The predicted molar refractivity (Wildman–Crippen MR) is 129 cm³/mol. The molecule has 0 saturated heterocycles. The predicted octanol–water partition coefficient (Wildman–Crippen LogP) is 5.42. The van der Waals surface area contributed by atoms with Crippen LogP contribution in [0.2, 0.25) is 0 Å². The van der Waals surface area contributed by atoms with Crippen LogP contribution in [0.3, 0.4) is 0 Å². The lowest BCUT2D eigenvalue weighted by molar-refractivity contribution is -0.135. The summed E-state index contributed by atoms with van der Waals surface area (Å²) in [6, 6.07) is 18.6. The molecule has 0 aliphatic heterocycles. The van der Waals surface area contributed by atoms with Crippen LogP contribution < -0.4 is 5.32 Å². The Hall–Kier alpha value is -3.14. The van der Waals surface area contributed by atoms with E-state index in [1.807, 2.05) is 18.2 Å². The number of fused-ring (bicyclic) bond motifs is 1. The molecule has 2 aromatic carbocycles. The third kappa shape index (κ3) is 7.52. The third-order valence-corrected chi connectivity index (χ3v) is 5.85. The van der Waals surface area contributed by atoms with Gasteiger partial charge in [-0.15, -0.1) is 0 Å². The summed E-state index contributed by atoms with van der Waals surface area (Å²) < 4.78 is 4.71. The minimum absolute atomic E-state index is 0.0273. The number of carbonyl (C=O) groups is 2. The number of hydrogen-bond acceptors (Lipinski definition) is 3. The number of amides is 1. The van der Waals surface area contributed by atoms with Gasteiger partial charge in [-0.2, -0.15) is 0 Å². The molecule has 4 nitrogen and oxygen atoms in total. The average Bonchev–Trinajstić information content (AvgIpc) is 3.23. The number of hydrogen-bond donors (Lipinski definition) is 1. The molecule has 0 spiro atoms. The van der Waals surface area contributed by atoms with Crippen LogP contribution in [0.4, 0.5) is 0 Å².